The van der Waals surface area contributed by atoms with Crippen LogP contribution in [0.2, 0.25) is 0 Å². The highest BCUT2D eigenvalue weighted by atomic mass is 19.4. The van der Waals surface area contributed by atoms with E-state index in [-0.39, 0.29) is 34.8 Å². The molecule has 1 atom stereocenters. The Morgan fingerprint density at radius 3 is 2.60 bits per heavy atom. The number of hydrogen-bond donors (Lipinski definition) is 1. The molecule has 1 aliphatic rings. The number of carbonyl (C=O) groups excluding carboxylic acids is 1. The van der Waals surface area contributed by atoms with Gasteiger partial charge in [0.1, 0.15) is 23.4 Å². The number of halogens is 3. The van der Waals surface area contributed by atoms with Crippen LogP contribution in [0.25, 0.3) is 11.5 Å². The number of aromatic carboxylic acids is 1. The standard InChI is InChI=1S/C28H22F3N7O4/c1-36(21-13-15-37-22(34-21)12-14-32-37)26(39)19-5-3-7-23(33-19)38-24-18(25(35-38)28(29,30)31)4-2-6-20(24)42-17-10-8-16(9-11-17)27(40)41/h3,5,7-15,20H,2,4,6H2,1H3,(H,40,41). The highest BCUT2D eigenvalue weighted by Gasteiger charge is 2.42. The van der Waals surface area contributed by atoms with E-state index in [1.807, 2.05) is 0 Å². The number of pyridine rings is 1. The molecule has 214 valence electrons. The summed E-state index contributed by atoms with van der Waals surface area (Å²) in [6, 6.07) is 13.3. The number of rotatable bonds is 6. The van der Waals surface area contributed by atoms with Gasteiger partial charge in [-0.1, -0.05) is 6.07 Å². The Hall–Kier alpha value is -5.27. The summed E-state index contributed by atoms with van der Waals surface area (Å²) in [5.74, 6) is -1.01. The van der Waals surface area contributed by atoms with Crippen molar-refractivity contribution in [2.24, 2.45) is 0 Å². The van der Waals surface area contributed by atoms with Gasteiger partial charge in [0.25, 0.3) is 5.91 Å². The van der Waals surface area contributed by atoms with Crippen LogP contribution in [0.4, 0.5) is 19.0 Å². The van der Waals surface area contributed by atoms with Gasteiger partial charge in [0.15, 0.2) is 17.2 Å². The number of alkyl halides is 3. The molecule has 6 rings (SSSR count). The fourth-order valence-corrected chi connectivity index (χ4v) is 4.92. The van der Waals surface area contributed by atoms with E-state index < -0.39 is 29.9 Å². The number of ether oxygens (including phenoxy) is 1. The summed E-state index contributed by atoms with van der Waals surface area (Å²) in [5.41, 5.74) is -0.321. The summed E-state index contributed by atoms with van der Waals surface area (Å²) in [4.78, 5) is 34.6. The molecule has 1 aromatic carbocycles. The first-order valence-electron chi connectivity index (χ1n) is 12.8. The monoisotopic (exact) mass is 577 g/mol. The van der Waals surface area contributed by atoms with E-state index in [1.54, 1.807) is 29.0 Å². The molecule has 1 aliphatic carbocycles. The number of hydrogen-bond acceptors (Lipinski definition) is 7. The maximum atomic E-state index is 14.1. The summed E-state index contributed by atoms with van der Waals surface area (Å²) >= 11 is 0. The minimum absolute atomic E-state index is 0.00476. The number of fused-ring (bicyclic) bond motifs is 2. The fourth-order valence-electron chi connectivity index (χ4n) is 4.92. The van der Waals surface area contributed by atoms with E-state index in [0.29, 0.717) is 30.1 Å². The van der Waals surface area contributed by atoms with Gasteiger partial charge in [-0.2, -0.15) is 23.4 Å². The summed E-state index contributed by atoms with van der Waals surface area (Å²) in [5, 5.41) is 17.2. The maximum absolute atomic E-state index is 14.1. The van der Waals surface area contributed by atoms with Gasteiger partial charge >= 0.3 is 12.1 Å². The van der Waals surface area contributed by atoms with Crippen molar-refractivity contribution in [2.75, 3.05) is 11.9 Å². The molecule has 4 heterocycles. The molecule has 4 aromatic heterocycles. The van der Waals surface area contributed by atoms with Gasteiger partial charge in [-0.25, -0.2) is 24.0 Å². The number of carbonyl (C=O) groups is 2. The lowest BCUT2D eigenvalue weighted by Crippen LogP contribution is -2.28. The number of amides is 1. The van der Waals surface area contributed by atoms with E-state index in [9.17, 15) is 22.8 Å². The van der Waals surface area contributed by atoms with Crippen LogP contribution in [-0.2, 0) is 12.6 Å². The van der Waals surface area contributed by atoms with Gasteiger partial charge in [-0.15, -0.1) is 0 Å². The number of aromatic nitrogens is 6. The molecule has 0 saturated carbocycles. The molecule has 11 nitrogen and oxygen atoms in total. The van der Waals surface area contributed by atoms with Crippen molar-refractivity contribution < 1.29 is 32.6 Å². The Bertz CT molecular complexity index is 1810. The first-order valence-corrected chi connectivity index (χ1v) is 12.8. The van der Waals surface area contributed by atoms with Gasteiger partial charge in [-0.3, -0.25) is 9.69 Å². The number of carboxylic acid groups (broad SMARTS) is 1. The Morgan fingerprint density at radius 2 is 1.86 bits per heavy atom. The topological polar surface area (TPSA) is 128 Å². The largest absolute Gasteiger partial charge is 0.484 e. The van der Waals surface area contributed by atoms with Crippen LogP contribution in [0.15, 0.2) is 67.0 Å². The molecule has 0 bridgehead atoms. The first kappa shape index (κ1) is 26.9. The number of nitrogens with zero attached hydrogens (tertiary/aromatic N) is 7. The van der Waals surface area contributed by atoms with E-state index in [4.69, 9.17) is 9.84 Å². The van der Waals surface area contributed by atoms with Crippen molar-refractivity contribution in [2.45, 2.75) is 31.5 Å². The normalized spacial score (nSPS) is 14.9. The van der Waals surface area contributed by atoms with Crippen molar-refractivity contribution >= 4 is 23.3 Å². The van der Waals surface area contributed by atoms with Crippen molar-refractivity contribution in [3.05, 3.63) is 95.2 Å². The maximum Gasteiger partial charge on any atom is 0.435 e. The zero-order valence-electron chi connectivity index (χ0n) is 22.0. The molecule has 1 amide bonds. The molecule has 0 aliphatic heterocycles. The Labute approximate surface area is 235 Å². The molecule has 42 heavy (non-hydrogen) atoms. The zero-order valence-corrected chi connectivity index (χ0v) is 22.0. The zero-order chi connectivity index (χ0) is 29.6. The van der Waals surface area contributed by atoms with Crippen LogP contribution >= 0.6 is 0 Å². The third-order valence-corrected chi connectivity index (χ3v) is 6.93. The second-order valence-corrected chi connectivity index (χ2v) is 9.62. The summed E-state index contributed by atoms with van der Waals surface area (Å²) in [6.45, 7) is 0. The lowest BCUT2D eigenvalue weighted by atomic mass is 9.93. The minimum atomic E-state index is -4.73. The molecule has 1 N–H and O–H groups in total. The second-order valence-electron chi connectivity index (χ2n) is 9.62. The molecule has 0 saturated heterocycles. The lowest BCUT2D eigenvalue weighted by Gasteiger charge is -2.25. The molecule has 5 aromatic rings. The average molecular weight is 578 g/mol. The SMILES string of the molecule is CN(C(=O)c1cccc(-n2nc(C(F)(F)F)c3c2C(Oc2ccc(C(=O)O)cc2)CCC3)n1)c1ccn2nccc2n1. The third-order valence-electron chi connectivity index (χ3n) is 6.93. The Balaban J connectivity index is 1.37. The van der Waals surface area contributed by atoms with Crippen LogP contribution in [0.1, 0.15) is 56.7 Å². The average Bonchev–Trinajstić information content (AvgIpc) is 3.62. The summed E-state index contributed by atoms with van der Waals surface area (Å²) in [6.07, 6.45) is -1.40. The smallest absolute Gasteiger partial charge is 0.435 e. The number of carboxylic acids is 1. The van der Waals surface area contributed by atoms with Crippen LogP contribution in [0, 0.1) is 0 Å². The van der Waals surface area contributed by atoms with E-state index in [0.717, 1.165) is 4.68 Å². The third kappa shape index (κ3) is 4.91. The highest BCUT2D eigenvalue weighted by molar-refractivity contribution is 6.04. The molecule has 0 spiro atoms. The van der Waals surface area contributed by atoms with Crippen molar-refractivity contribution in [3.8, 4) is 11.6 Å². The molecule has 0 fully saturated rings. The summed E-state index contributed by atoms with van der Waals surface area (Å²) < 4.78 is 51.0. The van der Waals surface area contributed by atoms with Gasteiger partial charge in [0, 0.05) is 24.9 Å². The van der Waals surface area contributed by atoms with Crippen molar-refractivity contribution in [1.29, 1.82) is 0 Å². The highest BCUT2D eigenvalue weighted by Crippen LogP contribution is 2.41. The molecule has 1 unspecified atom stereocenters. The molecule has 14 heteroatoms. The number of anilines is 1. The van der Waals surface area contributed by atoms with Crippen molar-refractivity contribution in [1.82, 2.24) is 29.4 Å². The fraction of sp³-hybridized carbons (Fsp3) is 0.214. The van der Waals surface area contributed by atoms with E-state index >= 15 is 0 Å². The van der Waals surface area contributed by atoms with Crippen LogP contribution in [0.5, 0.6) is 5.75 Å². The van der Waals surface area contributed by atoms with E-state index in [2.05, 4.69) is 20.2 Å². The Morgan fingerprint density at radius 1 is 1.07 bits per heavy atom. The first-order chi connectivity index (χ1) is 20.1. The predicted octanol–water partition coefficient (Wildman–Crippen LogP) is 4.76. The molecular weight excluding hydrogens is 555 g/mol. The van der Waals surface area contributed by atoms with E-state index in [1.165, 1.54) is 54.4 Å². The molecule has 0 radical (unpaired) electrons. The lowest BCUT2D eigenvalue weighted by molar-refractivity contribution is -0.142. The Kier molecular flexibility index (Phi) is 6.59. The van der Waals surface area contributed by atoms with Gasteiger partial charge in [0.2, 0.25) is 0 Å². The summed E-state index contributed by atoms with van der Waals surface area (Å²) in [7, 11) is 1.52. The van der Waals surface area contributed by atoms with Crippen LogP contribution in [0.3, 0.4) is 0 Å². The van der Waals surface area contributed by atoms with Gasteiger partial charge in [0.05, 0.1) is 17.5 Å². The van der Waals surface area contributed by atoms with Crippen LogP contribution < -0.4 is 9.64 Å². The molecular formula is C28H22F3N7O4. The number of benzene rings is 1. The predicted molar refractivity (Wildman–Crippen MR) is 142 cm³/mol. The van der Waals surface area contributed by atoms with Gasteiger partial charge in [-0.05, 0) is 61.7 Å². The van der Waals surface area contributed by atoms with Gasteiger partial charge < -0.3 is 9.84 Å². The quantitative estimate of drug-likeness (QED) is 0.306. The van der Waals surface area contributed by atoms with Crippen LogP contribution in [-0.4, -0.2) is 53.4 Å². The second kappa shape index (κ2) is 10.3. The minimum Gasteiger partial charge on any atom is -0.484 e. The van der Waals surface area contributed by atoms with Crippen molar-refractivity contribution in [3.63, 3.8) is 0 Å².